The highest BCUT2D eigenvalue weighted by atomic mass is 15.1. The molecule has 0 saturated carbocycles. The van der Waals surface area contributed by atoms with Crippen molar-refractivity contribution in [2.45, 2.75) is 71.3 Å². The van der Waals surface area contributed by atoms with E-state index in [1.807, 2.05) is 0 Å². The van der Waals surface area contributed by atoms with E-state index < -0.39 is 0 Å². The average molecular weight is 376 g/mol. The van der Waals surface area contributed by atoms with Crippen molar-refractivity contribution < 1.29 is 4.57 Å². The largest absolute Gasteiger partial charge is 0.266 e. The van der Waals surface area contributed by atoms with Crippen LogP contribution in [0.1, 0.15) is 69.7 Å². The number of hydrogen-bond donors (Lipinski definition) is 0. The number of rotatable bonds is 12. The van der Waals surface area contributed by atoms with Gasteiger partial charge in [-0.15, -0.1) is 0 Å². The first-order valence-corrected chi connectivity index (χ1v) is 11.1. The van der Waals surface area contributed by atoms with Crippen molar-refractivity contribution >= 4 is 0 Å². The molecular formula is C26H35N2+. The van der Waals surface area contributed by atoms with Crippen LogP contribution >= 0.6 is 0 Å². The second kappa shape index (κ2) is 11.5. The fraction of sp³-hybridized carbons (Fsp3) is 0.423. The summed E-state index contributed by atoms with van der Waals surface area (Å²) in [5.41, 5.74) is 2.60. The highest BCUT2D eigenvalue weighted by Gasteiger charge is 2.18. The normalized spacial score (nSPS) is 11.0. The highest BCUT2D eigenvalue weighted by molar-refractivity contribution is 5.33. The number of unbranched alkanes of at least 4 members (excludes halogenated alkanes) is 7. The Morgan fingerprint density at radius 2 is 1.32 bits per heavy atom. The molecule has 0 atom stereocenters. The summed E-state index contributed by atoms with van der Waals surface area (Å²) in [6, 6.07) is 21.5. The first-order chi connectivity index (χ1) is 13.9. The number of nitrogens with zero attached hydrogens (tertiary/aromatic N) is 2. The van der Waals surface area contributed by atoms with Crippen LogP contribution in [0.3, 0.4) is 0 Å². The number of benzene rings is 2. The van der Waals surface area contributed by atoms with Gasteiger partial charge in [0.05, 0.1) is 13.0 Å². The summed E-state index contributed by atoms with van der Waals surface area (Å²) in [6.45, 7) is 3.39. The van der Waals surface area contributed by atoms with Crippen LogP contribution in [0, 0.1) is 0 Å². The molecule has 0 N–H and O–H groups in total. The molecule has 0 aliphatic rings. The second-order valence-electron chi connectivity index (χ2n) is 7.75. The van der Waals surface area contributed by atoms with E-state index in [1.54, 1.807) is 0 Å². The van der Waals surface area contributed by atoms with E-state index in [2.05, 4.69) is 89.1 Å². The van der Waals surface area contributed by atoms with Gasteiger partial charge in [0.2, 0.25) is 0 Å². The van der Waals surface area contributed by atoms with Crippen LogP contribution in [-0.4, -0.2) is 4.57 Å². The molecular weight excluding hydrogens is 340 g/mol. The molecule has 0 bridgehead atoms. The van der Waals surface area contributed by atoms with Gasteiger partial charge in [0, 0.05) is 0 Å². The fourth-order valence-corrected chi connectivity index (χ4v) is 3.87. The standard InChI is InChI=1S/C26H35N2/c1-2-3-4-5-6-7-8-15-20-27-21-22-28(25-18-13-10-14-19-25)26(27)23-24-16-11-9-12-17-24/h9-14,16-19,21-22H,2-8,15,20,23H2,1H3/q+1. The number of hydrogen-bond acceptors (Lipinski definition) is 0. The van der Waals surface area contributed by atoms with Gasteiger partial charge in [0.15, 0.2) is 0 Å². The van der Waals surface area contributed by atoms with Gasteiger partial charge in [-0.3, -0.25) is 0 Å². The Morgan fingerprint density at radius 1 is 0.714 bits per heavy atom. The maximum Gasteiger partial charge on any atom is 0.266 e. The summed E-state index contributed by atoms with van der Waals surface area (Å²) in [6.07, 6.45) is 16.3. The summed E-state index contributed by atoms with van der Waals surface area (Å²) in [4.78, 5) is 0. The predicted molar refractivity (Wildman–Crippen MR) is 118 cm³/mol. The lowest BCUT2D eigenvalue weighted by molar-refractivity contribution is -0.703. The molecule has 148 valence electrons. The predicted octanol–water partition coefficient (Wildman–Crippen LogP) is 6.50. The summed E-state index contributed by atoms with van der Waals surface area (Å²) in [5.74, 6) is 1.36. The first-order valence-electron chi connectivity index (χ1n) is 11.1. The Hall–Kier alpha value is -2.35. The fourth-order valence-electron chi connectivity index (χ4n) is 3.87. The molecule has 2 nitrogen and oxygen atoms in total. The van der Waals surface area contributed by atoms with Gasteiger partial charge in [-0.25, -0.2) is 4.57 Å². The lowest BCUT2D eigenvalue weighted by Crippen LogP contribution is -2.37. The first kappa shape index (κ1) is 20.4. The summed E-state index contributed by atoms with van der Waals surface area (Å²) >= 11 is 0. The molecule has 0 fully saturated rings. The van der Waals surface area contributed by atoms with Gasteiger partial charge in [0.25, 0.3) is 5.82 Å². The molecule has 2 aromatic carbocycles. The van der Waals surface area contributed by atoms with Crippen LogP contribution in [-0.2, 0) is 13.0 Å². The van der Waals surface area contributed by atoms with E-state index in [0.29, 0.717) is 0 Å². The molecule has 0 amide bonds. The van der Waals surface area contributed by atoms with Crippen molar-refractivity contribution in [3.63, 3.8) is 0 Å². The monoisotopic (exact) mass is 375 g/mol. The van der Waals surface area contributed by atoms with Crippen molar-refractivity contribution in [3.05, 3.63) is 84.4 Å². The van der Waals surface area contributed by atoms with E-state index in [-0.39, 0.29) is 0 Å². The summed E-state index contributed by atoms with van der Waals surface area (Å²) in [5, 5.41) is 0. The molecule has 0 aliphatic carbocycles. The molecule has 0 radical (unpaired) electrons. The molecule has 28 heavy (non-hydrogen) atoms. The zero-order chi connectivity index (χ0) is 19.4. The van der Waals surface area contributed by atoms with Crippen molar-refractivity contribution in [2.24, 2.45) is 0 Å². The van der Waals surface area contributed by atoms with E-state index in [9.17, 15) is 0 Å². The lowest BCUT2D eigenvalue weighted by atomic mass is 10.1. The molecule has 3 aromatic rings. The summed E-state index contributed by atoms with van der Waals surface area (Å²) < 4.78 is 4.80. The highest BCUT2D eigenvalue weighted by Crippen LogP contribution is 2.14. The molecule has 3 rings (SSSR count). The van der Waals surface area contributed by atoms with Gasteiger partial charge < -0.3 is 0 Å². The van der Waals surface area contributed by atoms with E-state index in [1.165, 1.54) is 68.4 Å². The molecule has 0 unspecified atom stereocenters. The number of aromatic nitrogens is 2. The number of para-hydroxylation sites is 1. The number of aryl methyl sites for hydroxylation is 1. The maximum atomic E-state index is 2.46. The summed E-state index contributed by atoms with van der Waals surface area (Å²) in [7, 11) is 0. The van der Waals surface area contributed by atoms with Crippen LogP contribution in [0.2, 0.25) is 0 Å². The van der Waals surface area contributed by atoms with Crippen LogP contribution in [0.4, 0.5) is 0 Å². The van der Waals surface area contributed by atoms with E-state index in [4.69, 9.17) is 0 Å². The second-order valence-corrected chi connectivity index (χ2v) is 7.75. The maximum absolute atomic E-state index is 2.46. The van der Waals surface area contributed by atoms with Crippen LogP contribution in [0.5, 0.6) is 0 Å². The van der Waals surface area contributed by atoms with E-state index in [0.717, 1.165) is 13.0 Å². The van der Waals surface area contributed by atoms with Crippen molar-refractivity contribution in [1.29, 1.82) is 0 Å². The zero-order valence-electron chi connectivity index (χ0n) is 17.4. The Labute approximate surface area is 170 Å². The minimum Gasteiger partial charge on any atom is -0.234 e. The zero-order valence-corrected chi connectivity index (χ0v) is 17.4. The Balaban J connectivity index is 1.63. The van der Waals surface area contributed by atoms with E-state index >= 15 is 0 Å². The molecule has 0 spiro atoms. The van der Waals surface area contributed by atoms with Gasteiger partial charge in [-0.1, -0.05) is 94.0 Å². The smallest absolute Gasteiger partial charge is 0.234 e. The third-order valence-corrected chi connectivity index (χ3v) is 5.50. The van der Waals surface area contributed by atoms with Crippen LogP contribution in [0.25, 0.3) is 5.69 Å². The van der Waals surface area contributed by atoms with Crippen molar-refractivity contribution in [2.75, 3.05) is 0 Å². The molecule has 2 heteroatoms. The average Bonchev–Trinajstić information content (AvgIpc) is 3.14. The Bertz CT molecular complexity index is 790. The molecule has 0 saturated heterocycles. The SMILES string of the molecule is CCCCCCCCCC[n+]1ccn(-c2ccccc2)c1Cc1ccccc1. The van der Waals surface area contributed by atoms with Gasteiger partial charge in [-0.05, 0) is 30.5 Å². The molecule has 1 aromatic heterocycles. The molecule has 1 heterocycles. The molecule has 0 aliphatic heterocycles. The Kier molecular flexibility index (Phi) is 8.36. The van der Waals surface area contributed by atoms with Crippen molar-refractivity contribution in [1.82, 2.24) is 4.57 Å². The van der Waals surface area contributed by atoms with Crippen molar-refractivity contribution in [3.8, 4) is 5.69 Å². The van der Waals surface area contributed by atoms with Gasteiger partial charge >= 0.3 is 0 Å². The third-order valence-electron chi connectivity index (χ3n) is 5.50. The van der Waals surface area contributed by atoms with Crippen LogP contribution in [0.15, 0.2) is 73.1 Å². The van der Waals surface area contributed by atoms with Gasteiger partial charge in [-0.2, -0.15) is 4.57 Å². The van der Waals surface area contributed by atoms with Gasteiger partial charge in [0.1, 0.15) is 18.1 Å². The number of imidazole rings is 1. The van der Waals surface area contributed by atoms with Crippen LogP contribution < -0.4 is 4.57 Å². The lowest BCUT2D eigenvalue weighted by Gasteiger charge is -2.06. The minimum absolute atomic E-state index is 0.958. The topological polar surface area (TPSA) is 8.81 Å². The quantitative estimate of drug-likeness (QED) is 0.252. The minimum atomic E-state index is 0.958. The third kappa shape index (κ3) is 6.09. The Morgan fingerprint density at radius 3 is 2.00 bits per heavy atom.